The van der Waals surface area contributed by atoms with Crippen LogP contribution >= 0.6 is 0 Å². The van der Waals surface area contributed by atoms with Gasteiger partial charge in [-0.05, 0) is 68.2 Å². The van der Waals surface area contributed by atoms with Gasteiger partial charge in [0.05, 0.1) is 0 Å². The molecule has 0 aromatic rings. The SMILES string of the molecule is CC(C)(C)C1CCC(CN2CCC(CCC(=O)O)C2)CC1. The van der Waals surface area contributed by atoms with Crippen LogP contribution < -0.4 is 0 Å². The van der Waals surface area contributed by atoms with Gasteiger partial charge in [-0.15, -0.1) is 0 Å². The molecule has 0 aromatic carbocycles. The van der Waals surface area contributed by atoms with Gasteiger partial charge in [0.1, 0.15) is 0 Å². The van der Waals surface area contributed by atoms with Crippen molar-refractivity contribution in [1.82, 2.24) is 4.90 Å². The average Bonchev–Trinajstić information content (AvgIpc) is 2.83. The molecular weight excluding hydrogens is 262 g/mol. The average molecular weight is 295 g/mol. The van der Waals surface area contributed by atoms with Crippen molar-refractivity contribution in [2.24, 2.45) is 23.2 Å². The third-order valence-electron chi connectivity index (χ3n) is 5.72. The van der Waals surface area contributed by atoms with Gasteiger partial charge in [-0.2, -0.15) is 0 Å². The van der Waals surface area contributed by atoms with Crippen molar-refractivity contribution < 1.29 is 9.90 Å². The molecule has 2 rings (SSSR count). The van der Waals surface area contributed by atoms with Gasteiger partial charge in [-0.25, -0.2) is 0 Å². The van der Waals surface area contributed by atoms with E-state index < -0.39 is 5.97 Å². The summed E-state index contributed by atoms with van der Waals surface area (Å²) >= 11 is 0. The van der Waals surface area contributed by atoms with Crippen molar-refractivity contribution >= 4 is 5.97 Å². The molecule has 2 aliphatic rings. The number of likely N-dealkylation sites (tertiary alicyclic amines) is 1. The third-order valence-corrected chi connectivity index (χ3v) is 5.72. The van der Waals surface area contributed by atoms with Crippen LogP contribution in [0.5, 0.6) is 0 Å². The van der Waals surface area contributed by atoms with Crippen molar-refractivity contribution in [2.75, 3.05) is 19.6 Å². The molecule has 1 atom stereocenters. The van der Waals surface area contributed by atoms with E-state index in [9.17, 15) is 4.79 Å². The van der Waals surface area contributed by atoms with Gasteiger partial charge in [0, 0.05) is 19.5 Å². The molecule has 3 heteroatoms. The summed E-state index contributed by atoms with van der Waals surface area (Å²) in [6, 6.07) is 0. The molecule has 1 N–H and O–H groups in total. The Hall–Kier alpha value is -0.570. The van der Waals surface area contributed by atoms with E-state index in [2.05, 4.69) is 25.7 Å². The summed E-state index contributed by atoms with van der Waals surface area (Å²) in [5, 5.41) is 8.78. The third kappa shape index (κ3) is 5.28. The van der Waals surface area contributed by atoms with Crippen LogP contribution in [0.1, 0.15) is 65.7 Å². The van der Waals surface area contributed by atoms with Crippen LogP contribution in [0, 0.1) is 23.2 Å². The monoisotopic (exact) mass is 295 g/mol. The Kier molecular flexibility index (Phi) is 5.70. The van der Waals surface area contributed by atoms with E-state index in [0.717, 1.165) is 24.8 Å². The Bertz CT molecular complexity index is 340. The summed E-state index contributed by atoms with van der Waals surface area (Å²) < 4.78 is 0. The Labute approximate surface area is 130 Å². The zero-order valence-corrected chi connectivity index (χ0v) is 14.1. The number of carboxylic acid groups (broad SMARTS) is 1. The van der Waals surface area contributed by atoms with Crippen molar-refractivity contribution in [1.29, 1.82) is 0 Å². The second-order valence-electron chi connectivity index (χ2n) is 8.43. The van der Waals surface area contributed by atoms with Gasteiger partial charge >= 0.3 is 5.97 Å². The fourth-order valence-corrected chi connectivity index (χ4v) is 4.22. The molecule has 122 valence electrons. The van der Waals surface area contributed by atoms with E-state index in [1.54, 1.807) is 0 Å². The maximum atomic E-state index is 10.7. The Morgan fingerprint density at radius 1 is 1.10 bits per heavy atom. The minimum atomic E-state index is -0.644. The lowest BCUT2D eigenvalue weighted by Gasteiger charge is -2.38. The minimum absolute atomic E-state index is 0.342. The van der Waals surface area contributed by atoms with E-state index in [4.69, 9.17) is 5.11 Å². The summed E-state index contributed by atoms with van der Waals surface area (Å²) in [4.78, 5) is 13.2. The first-order valence-electron chi connectivity index (χ1n) is 8.78. The zero-order chi connectivity index (χ0) is 15.5. The molecule has 1 aliphatic carbocycles. The van der Waals surface area contributed by atoms with E-state index in [-0.39, 0.29) is 0 Å². The highest BCUT2D eigenvalue weighted by Gasteiger charge is 2.31. The number of hydrogen-bond acceptors (Lipinski definition) is 2. The number of hydrogen-bond donors (Lipinski definition) is 1. The highest BCUT2D eigenvalue weighted by molar-refractivity contribution is 5.66. The van der Waals surface area contributed by atoms with Crippen LogP contribution in [0.2, 0.25) is 0 Å². The Morgan fingerprint density at radius 3 is 2.33 bits per heavy atom. The highest BCUT2D eigenvalue weighted by Crippen LogP contribution is 2.40. The number of nitrogens with zero attached hydrogens (tertiary/aromatic N) is 1. The molecule has 2 fully saturated rings. The first-order valence-corrected chi connectivity index (χ1v) is 8.78. The molecule has 1 saturated heterocycles. The quantitative estimate of drug-likeness (QED) is 0.832. The van der Waals surface area contributed by atoms with Gasteiger partial charge in [0.25, 0.3) is 0 Å². The van der Waals surface area contributed by atoms with Crippen LogP contribution in [0.3, 0.4) is 0 Å². The number of carbonyl (C=O) groups is 1. The van der Waals surface area contributed by atoms with Gasteiger partial charge in [-0.3, -0.25) is 4.79 Å². The molecule has 0 radical (unpaired) electrons. The first kappa shape index (κ1) is 16.8. The second-order valence-corrected chi connectivity index (χ2v) is 8.43. The van der Waals surface area contributed by atoms with Crippen LogP contribution in [0.4, 0.5) is 0 Å². The van der Waals surface area contributed by atoms with Gasteiger partial charge in [0.15, 0.2) is 0 Å². The number of carboxylic acids is 1. The van der Waals surface area contributed by atoms with Gasteiger partial charge in [-0.1, -0.05) is 20.8 Å². The summed E-state index contributed by atoms with van der Waals surface area (Å²) in [5.74, 6) is 1.75. The standard InChI is InChI=1S/C18H33NO2/c1-18(2,3)16-7-4-14(5-8-16)12-19-11-10-15(13-19)6-9-17(20)21/h14-16H,4-13H2,1-3H3,(H,20,21). The lowest BCUT2D eigenvalue weighted by atomic mass is 9.70. The number of aliphatic carboxylic acids is 1. The Balaban J connectivity index is 1.67. The molecule has 1 heterocycles. The molecule has 0 spiro atoms. The van der Waals surface area contributed by atoms with Gasteiger partial charge in [0.2, 0.25) is 0 Å². The minimum Gasteiger partial charge on any atom is -0.481 e. The molecule has 0 amide bonds. The molecule has 0 bridgehead atoms. The smallest absolute Gasteiger partial charge is 0.303 e. The van der Waals surface area contributed by atoms with Gasteiger partial charge < -0.3 is 10.0 Å². The van der Waals surface area contributed by atoms with E-state index in [0.29, 0.717) is 17.8 Å². The molecule has 3 nitrogen and oxygen atoms in total. The largest absolute Gasteiger partial charge is 0.481 e. The van der Waals surface area contributed by atoms with Crippen molar-refractivity contribution in [3.8, 4) is 0 Å². The lowest BCUT2D eigenvalue weighted by molar-refractivity contribution is -0.137. The summed E-state index contributed by atoms with van der Waals surface area (Å²) in [6.07, 6.45) is 7.97. The molecule has 1 unspecified atom stereocenters. The number of rotatable bonds is 5. The van der Waals surface area contributed by atoms with E-state index in [1.165, 1.54) is 45.2 Å². The fourth-order valence-electron chi connectivity index (χ4n) is 4.22. The zero-order valence-electron chi connectivity index (χ0n) is 14.1. The van der Waals surface area contributed by atoms with E-state index >= 15 is 0 Å². The van der Waals surface area contributed by atoms with Crippen molar-refractivity contribution in [2.45, 2.75) is 65.7 Å². The summed E-state index contributed by atoms with van der Waals surface area (Å²) in [6.45, 7) is 10.7. The van der Waals surface area contributed by atoms with Crippen molar-refractivity contribution in [3.63, 3.8) is 0 Å². The van der Waals surface area contributed by atoms with Crippen LogP contribution in [-0.4, -0.2) is 35.6 Å². The van der Waals surface area contributed by atoms with E-state index in [1.807, 2.05) is 0 Å². The first-order chi connectivity index (χ1) is 9.84. The second kappa shape index (κ2) is 7.13. The highest BCUT2D eigenvalue weighted by atomic mass is 16.4. The van der Waals surface area contributed by atoms with Crippen LogP contribution in [0.15, 0.2) is 0 Å². The lowest BCUT2D eigenvalue weighted by Crippen LogP contribution is -2.32. The Morgan fingerprint density at radius 2 is 1.76 bits per heavy atom. The fraction of sp³-hybridized carbons (Fsp3) is 0.944. The van der Waals surface area contributed by atoms with Crippen LogP contribution in [-0.2, 0) is 4.79 Å². The summed E-state index contributed by atoms with van der Waals surface area (Å²) in [5.41, 5.74) is 0.473. The predicted octanol–water partition coefficient (Wildman–Crippen LogP) is 4.03. The molecule has 21 heavy (non-hydrogen) atoms. The van der Waals surface area contributed by atoms with Crippen molar-refractivity contribution in [3.05, 3.63) is 0 Å². The maximum absolute atomic E-state index is 10.7. The van der Waals surface area contributed by atoms with Crippen LogP contribution in [0.25, 0.3) is 0 Å². The molecule has 1 aliphatic heterocycles. The maximum Gasteiger partial charge on any atom is 0.303 e. The normalized spacial score (nSPS) is 31.5. The molecule has 1 saturated carbocycles. The predicted molar refractivity (Wildman–Crippen MR) is 86.3 cm³/mol. The molecular formula is C18H33NO2. The summed E-state index contributed by atoms with van der Waals surface area (Å²) in [7, 11) is 0. The molecule has 0 aromatic heterocycles. The topological polar surface area (TPSA) is 40.5 Å².